The molecule has 1 aliphatic carbocycles. The topological polar surface area (TPSA) is 29.5 Å². The van der Waals surface area contributed by atoms with Crippen molar-refractivity contribution in [2.24, 2.45) is 5.92 Å². The molecule has 0 aromatic heterocycles. The first kappa shape index (κ1) is 12.3. The molecule has 1 N–H and O–H groups in total. The van der Waals surface area contributed by atoms with E-state index in [1.165, 1.54) is 12.1 Å². The number of halogens is 2. The minimum Gasteiger partial charge on any atom is -0.490 e. The summed E-state index contributed by atoms with van der Waals surface area (Å²) in [6, 6.07) is 3.22. The molecule has 1 aliphatic rings. The van der Waals surface area contributed by atoms with E-state index in [0.717, 1.165) is 31.7 Å². The maximum absolute atomic E-state index is 12.9. The summed E-state index contributed by atoms with van der Waals surface area (Å²) in [6.07, 6.45) is 3.45. The third-order valence-corrected chi connectivity index (χ3v) is 3.19. The number of aliphatic hydroxyl groups excluding tert-OH is 1. The largest absolute Gasteiger partial charge is 0.490 e. The number of hydrogen-bond acceptors (Lipinski definition) is 2. The summed E-state index contributed by atoms with van der Waals surface area (Å²) in [5.41, 5.74) is 0. The van der Waals surface area contributed by atoms with Crippen molar-refractivity contribution < 1.29 is 18.6 Å². The highest BCUT2D eigenvalue weighted by Crippen LogP contribution is 2.27. The Morgan fingerprint density at radius 3 is 2.18 bits per heavy atom. The van der Waals surface area contributed by atoms with Gasteiger partial charge in [0.25, 0.3) is 0 Å². The zero-order chi connectivity index (χ0) is 12.3. The van der Waals surface area contributed by atoms with E-state index in [0.29, 0.717) is 5.92 Å². The van der Waals surface area contributed by atoms with E-state index in [1.54, 1.807) is 0 Å². The molecule has 0 bridgehead atoms. The Morgan fingerprint density at radius 1 is 1.06 bits per heavy atom. The SMILES string of the molecule is OCC1CCC(Oc2cc(F)cc(F)c2)CC1. The van der Waals surface area contributed by atoms with E-state index in [-0.39, 0.29) is 18.5 Å². The average Bonchev–Trinajstić information content (AvgIpc) is 2.28. The van der Waals surface area contributed by atoms with E-state index in [1.807, 2.05) is 0 Å². The van der Waals surface area contributed by atoms with Crippen molar-refractivity contribution in [1.82, 2.24) is 0 Å². The van der Waals surface area contributed by atoms with Gasteiger partial charge in [0.2, 0.25) is 0 Å². The molecule has 2 rings (SSSR count). The summed E-state index contributed by atoms with van der Waals surface area (Å²) >= 11 is 0. The normalized spacial score (nSPS) is 24.6. The summed E-state index contributed by atoms with van der Waals surface area (Å²) < 4.78 is 31.4. The lowest BCUT2D eigenvalue weighted by molar-refractivity contribution is 0.103. The van der Waals surface area contributed by atoms with Crippen LogP contribution in [0.4, 0.5) is 8.78 Å². The Balaban J connectivity index is 1.93. The van der Waals surface area contributed by atoms with Crippen LogP contribution >= 0.6 is 0 Å². The van der Waals surface area contributed by atoms with Crippen LogP contribution in [-0.4, -0.2) is 17.8 Å². The van der Waals surface area contributed by atoms with Gasteiger partial charge in [-0.25, -0.2) is 8.78 Å². The van der Waals surface area contributed by atoms with Crippen molar-refractivity contribution in [1.29, 1.82) is 0 Å². The molecule has 0 spiro atoms. The van der Waals surface area contributed by atoms with Gasteiger partial charge in [0, 0.05) is 24.8 Å². The van der Waals surface area contributed by atoms with E-state index in [4.69, 9.17) is 9.84 Å². The smallest absolute Gasteiger partial charge is 0.129 e. The zero-order valence-corrected chi connectivity index (χ0v) is 9.53. The Kier molecular flexibility index (Phi) is 3.94. The summed E-state index contributed by atoms with van der Waals surface area (Å²) in [4.78, 5) is 0. The molecule has 1 aromatic rings. The predicted molar refractivity (Wildman–Crippen MR) is 59.8 cm³/mol. The summed E-state index contributed by atoms with van der Waals surface area (Å²) in [5, 5.41) is 9.00. The molecule has 0 saturated heterocycles. The van der Waals surface area contributed by atoms with Crippen molar-refractivity contribution in [2.75, 3.05) is 6.61 Å². The molecule has 0 unspecified atom stereocenters. The third-order valence-electron chi connectivity index (χ3n) is 3.19. The van der Waals surface area contributed by atoms with Gasteiger partial charge in [0.15, 0.2) is 0 Å². The van der Waals surface area contributed by atoms with Gasteiger partial charge in [-0.05, 0) is 31.6 Å². The fourth-order valence-corrected chi connectivity index (χ4v) is 2.22. The molecule has 2 nitrogen and oxygen atoms in total. The number of aliphatic hydroxyl groups is 1. The minimum absolute atomic E-state index is 0.000926. The van der Waals surface area contributed by atoms with Crippen LogP contribution in [0.2, 0.25) is 0 Å². The standard InChI is InChI=1S/C13H16F2O2/c14-10-5-11(15)7-13(6-10)17-12-3-1-9(8-16)2-4-12/h5-7,9,12,16H,1-4,8H2. The van der Waals surface area contributed by atoms with Crippen LogP contribution in [0, 0.1) is 17.6 Å². The van der Waals surface area contributed by atoms with Crippen LogP contribution in [-0.2, 0) is 0 Å². The van der Waals surface area contributed by atoms with E-state index in [2.05, 4.69) is 0 Å². The van der Waals surface area contributed by atoms with E-state index < -0.39 is 11.6 Å². The maximum Gasteiger partial charge on any atom is 0.129 e. The van der Waals surface area contributed by atoms with E-state index >= 15 is 0 Å². The van der Waals surface area contributed by atoms with Gasteiger partial charge >= 0.3 is 0 Å². The molecular formula is C13H16F2O2. The van der Waals surface area contributed by atoms with Gasteiger partial charge in [-0.3, -0.25) is 0 Å². The maximum atomic E-state index is 12.9. The minimum atomic E-state index is -0.621. The van der Waals surface area contributed by atoms with E-state index in [9.17, 15) is 8.78 Å². The Hall–Kier alpha value is -1.16. The van der Waals surface area contributed by atoms with Crippen LogP contribution in [0.15, 0.2) is 18.2 Å². The Bertz CT molecular complexity index is 353. The van der Waals surface area contributed by atoms with Gasteiger partial charge in [-0.1, -0.05) is 0 Å². The molecule has 0 radical (unpaired) electrons. The highest BCUT2D eigenvalue weighted by molar-refractivity contribution is 5.24. The molecule has 0 aliphatic heterocycles. The van der Waals surface area contributed by atoms with Crippen molar-refractivity contribution in [3.05, 3.63) is 29.8 Å². The number of ether oxygens (including phenoxy) is 1. The summed E-state index contributed by atoms with van der Waals surface area (Å²) in [7, 11) is 0. The highest BCUT2D eigenvalue weighted by Gasteiger charge is 2.22. The van der Waals surface area contributed by atoms with Crippen molar-refractivity contribution >= 4 is 0 Å². The average molecular weight is 242 g/mol. The van der Waals surface area contributed by atoms with Crippen LogP contribution in [0.25, 0.3) is 0 Å². The number of rotatable bonds is 3. The van der Waals surface area contributed by atoms with Gasteiger partial charge in [-0.15, -0.1) is 0 Å². The van der Waals surface area contributed by atoms with Crippen LogP contribution in [0.5, 0.6) is 5.75 Å². The monoisotopic (exact) mass is 242 g/mol. The van der Waals surface area contributed by atoms with Gasteiger partial charge in [-0.2, -0.15) is 0 Å². The number of benzene rings is 1. The number of hydrogen-bond donors (Lipinski definition) is 1. The summed E-state index contributed by atoms with van der Waals surface area (Å²) in [6.45, 7) is 0.210. The molecule has 1 saturated carbocycles. The van der Waals surface area contributed by atoms with Crippen molar-refractivity contribution in [3.63, 3.8) is 0 Å². The van der Waals surface area contributed by atoms with Crippen LogP contribution in [0.3, 0.4) is 0 Å². The first-order chi connectivity index (χ1) is 8.17. The lowest BCUT2D eigenvalue weighted by atomic mass is 9.88. The highest BCUT2D eigenvalue weighted by atomic mass is 19.1. The second kappa shape index (κ2) is 5.45. The molecule has 0 heterocycles. The molecule has 0 atom stereocenters. The molecule has 94 valence electrons. The second-order valence-corrected chi connectivity index (χ2v) is 4.55. The van der Waals surface area contributed by atoms with Crippen LogP contribution in [0.1, 0.15) is 25.7 Å². The second-order valence-electron chi connectivity index (χ2n) is 4.55. The van der Waals surface area contributed by atoms with Gasteiger partial charge in [0.1, 0.15) is 17.4 Å². The molecule has 4 heteroatoms. The molecule has 0 amide bonds. The quantitative estimate of drug-likeness (QED) is 0.883. The fourth-order valence-electron chi connectivity index (χ4n) is 2.22. The van der Waals surface area contributed by atoms with Gasteiger partial charge in [0.05, 0.1) is 6.10 Å². The first-order valence-corrected chi connectivity index (χ1v) is 5.91. The summed E-state index contributed by atoms with van der Waals surface area (Å²) in [5.74, 6) is -0.651. The molecule has 1 fully saturated rings. The third kappa shape index (κ3) is 3.40. The van der Waals surface area contributed by atoms with Crippen molar-refractivity contribution in [3.8, 4) is 5.75 Å². The van der Waals surface area contributed by atoms with Crippen LogP contribution < -0.4 is 4.74 Å². The lowest BCUT2D eigenvalue weighted by Gasteiger charge is -2.27. The zero-order valence-electron chi connectivity index (χ0n) is 9.53. The molecule has 1 aromatic carbocycles. The predicted octanol–water partition coefficient (Wildman–Crippen LogP) is 2.89. The van der Waals surface area contributed by atoms with Crippen molar-refractivity contribution in [2.45, 2.75) is 31.8 Å². The molecular weight excluding hydrogens is 226 g/mol. The Labute approximate surface area is 99.2 Å². The lowest BCUT2D eigenvalue weighted by Crippen LogP contribution is -2.25. The van der Waals surface area contributed by atoms with Gasteiger partial charge < -0.3 is 9.84 Å². The Morgan fingerprint density at radius 2 is 1.65 bits per heavy atom. The first-order valence-electron chi connectivity index (χ1n) is 5.91. The fraction of sp³-hybridized carbons (Fsp3) is 0.538. The molecule has 17 heavy (non-hydrogen) atoms.